The molecule has 3 aromatic heterocycles. The van der Waals surface area contributed by atoms with Crippen LogP contribution < -0.4 is 0 Å². The topological polar surface area (TPSA) is 61.4 Å². The van der Waals surface area contributed by atoms with Gasteiger partial charge in [-0.1, -0.05) is 97.1 Å². The first-order valence-electron chi connectivity index (χ1n) is 15.9. The van der Waals surface area contributed by atoms with E-state index in [1.807, 2.05) is 54.9 Å². The number of aromatic nitrogens is 6. The number of nitrogens with zero attached hydrogens (tertiary/aromatic N) is 6. The molecule has 0 bridgehead atoms. The van der Waals surface area contributed by atoms with Crippen molar-refractivity contribution in [2.45, 2.75) is 0 Å². The largest absolute Gasteiger partial charge is 0.292 e. The van der Waals surface area contributed by atoms with E-state index in [1.165, 1.54) is 0 Å². The van der Waals surface area contributed by atoms with Gasteiger partial charge in [0.2, 0.25) is 0 Å². The van der Waals surface area contributed by atoms with Gasteiger partial charge in [-0.2, -0.15) is 0 Å². The molecule has 0 unspecified atom stereocenters. The molecule has 0 fully saturated rings. The van der Waals surface area contributed by atoms with Gasteiger partial charge < -0.3 is 0 Å². The Morgan fingerprint density at radius 1 is 0.354 bits per heavy atom. The summed E-state index contributed by atoms with van der Waals surface area (Å²) in [4.78, 5) is 19.7. The van der Waals surface area contributed by atoms with Crippen molar-refractivity contribution in [1.29, 1.82) is 0 Å². The van der Waals surface area contributed by atoms with Gasteiger partial charge in [-0.25, -0.2) is 19.9 Å². The molecule has 3 heterocycles. The van der Waals surface area contributed by atoms with Gasteiger partial charge in [-0.05, 0) is 66.2 Å². The molecule has 0 amide bonds. The fourth-order valence-corrected chi connectivity index (χ4v) is 6.38. The van der Waals surface area contributed by atoms with Crippen molar-refractivity contribution in [2.75, 3.05) is 0 Å². The monoisotopic (exact) mass is 616 g/mol. The first kappa shape index (κ1) is 27.6. The van der Waals surface area contributed by atoms with Crippen molar-refractivity contribution in [3.8, 4) is 56.7 Å². The fourth-order valence-electron chi connectivity index (χ4n) is 6.38. The summed E-state index contributed by atoms with van der Waals surface area (Å²) in [6, 6.07) is 53.9. The quantitative estimate of drug-likeness (QED) is 0.187. The van der Waals surface area contributed by atoms with Crippen LogP contribution in [0.25, 0.3) is 78.7 Å². The van der Waals surface area contributed by atoms with E-state index in [-0.39, 0.29) is 0 Å². The molecule has 48 heavy (non-hydrogen) atoms. The smallest absolute Gasteiger partial charge is 0.159 e. The van der Waals surface area contributed by atoms with E-state index in [9.17, 15) is 0 Å². The molecule has 0 aliphatic rings. The van der Waals surface area contributed by atoms with Crippen molar-refractivity contribution in [3.63, 3.8) is 0 Å². The fraction of sp³-hybridized carbons (Fsp3) is 0. The van der Waals surface area contributed by atoms with Crippen LogP contribution in [0.4, 0.5) is 0 Å². The lowest BCUT2D eigenvalue weighted by atomic mass is 10.0. The molecule has 6 aromatic carbocycles. The standard InChI is InChI=1S/C42H28N6/c1-3-17-34(18-4-1)47-38-23-9-7-21-36(38)45-41(47)31-15-11-13-29(25-31)33-27-43-40(44-28-33)30-14-12-16-32(26-30)42-46-37-22-8-10-24-39(37)48(42)35-19-5-2-6-20-35/h1-28H. The summed E-state index contributed by atoms with van der Waals surface area (Å²) < 4.78 is 4.42. The maximum atomic E-state index is 5.05. The molecule has 9 aromatic rings. The molecule has 0 saturated heterocycles. The predicted octanol–water partition coefficient (Wildman–Crippen LogP) is 9.82. The zero-order valence-corrected chi connectivity index (χ0v) is 25.8. The van der Waals surface area contributed by atoms with Crippen LogP contribution >= 0.6 is 0 Å². The SMILES string of the molecule is c1ccc(-n2c(-c3cccc(-c4cnc(-c5cccc(-c6nc7ccccc7n6-c6ccccc6)c5)nc4)c3)nc3ccccc32)cc1. The van der Waals surface area contributed by atoms with Crippen molar-refractivity contribution in [2.24, 2.45) is 0 Å². The summed E-state index contributed by atoms with van der Waals surface area (Å²) in [6.07, 6.45) is 3.79. The molecule has 0 saturated carbocycles. The third kappa shape index (κ3) is 4.84. The van der Waals surface area contributed by atoms with Crippen LogP contribution in [-0.2, 0) is 0 Å². The number of rotatable bonds is 6. The van der Waals surface area contributed by atoms with Crippen molar-refractivity contribution >= 4 is 22.1 Å². The molecule has 6 nitrogen and oxygen atoms in total. The summed E-state index contributed by atoms with van der Waals surface area (Å²) in [6.45, 7) is 0. The molecular weight excluding hydrogens is 589 g/mol. The summed E-state index contributed by atoms with van der Waals surface area (Å²) in [7, 11) is 0. The van der Waals surface area contributed by atoms with Crippen LogP contribution in [-0.4, -0.2) is 29.1 Å². The minimum absolute atomic E-state index is 0.657. The molecule has 0 spiro atoms. The van der Waals surface area contributed by atoms with E-state index < -0.39 is 0 Å². The Balaban J connectivity index is 1.07. The van der Waals surface area contributed by atoms with Crippen LogP contribution in [0, 0.1) is 0 Å². The van der Waals surface area contributed by atoms with Crippen LogP contribution in [0.1, 0.15) is 0 Å². The van der Waals surface area contributed by atoms with E-state index in [0.717, 1.165) is 72.9 Å². The van der Waals surface area contributed by atoms with Crippen molar-refractivity contribution in [3.05, 3.63) is 170 Å². The van der Waals surface area contributed by atoms with E-state index in [4.69, 9.17) is 19.9 Å². The normalized spacial score (nSPS) is 11.3. The van der Waals surface area contributed by atoms with E-state index in [2.05, 4.69) is 124 Å². The maximum Gasteiger partial charge on any atom is 0.159 e. The van der Waals surface area contributed by atoms with Crippen molar-refractivity contribution in [1.82, 2.24) is 29.1 Å². The Hall–Kier alpha value is -6.66. The Morgan fingerprint density at radius 3 is 1.33 bits per heavy atom. The zero-order chi connectivity index (χ0) is 31.9. The second-order valence-electron chi connectivity index (χ2n) is 11.6. The van der Waals surface area contributed by atoms with Gasteiger partial charge >= 0.3 is 0 Å². The van der Waals surface area contributed by atoms with E-state index in [0.29, 0.717) is 5.82 Å². The molecule has 226 valence electrons. The van der Waals surface area contributed by atoms with Crippen LogP contribution in [0.5, 0.6) is 0 Å². The van der Waals surface area contributed by atoms with Gasteiger partial charge in [0.05, 0.1) is 22.1 Å². The summed E-state index contributed by atoms with van der Waals surface area (Å²) in [5.74, 6) is 2.42. The average Bonchev–Trinajstić information content (AvgIpc) is 3.75. The third-order valence-electron chi connectivity index (χ3n) is 8.64. The lowest BCUT2D eigenvalue weighted by Gasteiger charge is -2.11. The molecular formula is C42H28N6. The molecule has 0 aliphatic carbocycles. The number of fused-ring (bicyclic) bond motifs is 2. The molecule has 9 rings (SSSR count). The van der Waals surface area contributed by atoms with Gasteiger partial charge in [0.1, 0.15) is 11.6 Å². The minimum atomic E-state index is 0.657. The number of benzene rings is 6. The van der Waals surface area contributed by atoms with Gasteiger partial charge in [0.25, 0.3) is 0 Å². The second-order valence-corrected chi connectivity index (χ2v) is 11.6. The molecule has 0 aliphatic heterocycles. The Morgan fingerprint density at radius 2 is 0.792 bits per heavy atom. The highest BCUT2D eigenvalue weighted by molar-refractivity contribution is 5.85. The van der Waals surface area contributed by atoms with E-state index >= 15 is 0 Å². The highest BCUT2D eigenvalue weighted by Crippen LogP contribution is 2.33. The van der Waals surface area contributed by atoms with Gasteiger partial charge in [0.15, 0.2) is 5.82 Å². The van der Waals surface area contributed by atoms with Crippen LogP contribution in [0.15, 0.2) is 170 Å². The molecule has 0 N–H and O–H groups in total. The summed E-state index contributed by atoms with van der Waals surface area (Å²) in [5, 5.41) is 0. The highest BCUT2D eigenvalue weighted by Gasteiger charge is 2.17. The summed E-state index contributed by atoms with van der Waals surface area (Å²) in [5.41, 5.74) is 11.1. The van der Waals surface area contributed by atoms with Gasteiger partial charge in [0, 0.05) is 46.0 Å². The number of hydrogen-bond acceptors (Lipinski definition) is 4. The zero-order valence-electron chi connectivity index (χ0n) is 25.8. The molecule has 0 atom stereocenters. The predicted molar refractivity (Wildman–Crippen MR) is 193 cm³/mol. The third-order valence-corrected chi connectivity index (χ3v) is 8.64. The lowest BCUT2D eigenvalue weighted by molar-refractivity contribution is 1.10. The Labute approximate surface area is 277 Å². The maximum absolute atomic E-state index is 5.05. The minimum Gasteiger partial charge on any atom is -0.292 e. The van der Waals surface area contributed by atoms with Gasteiger partial charge in [-0.15, -0.1) is 0 Å². The van der Waals surface area contributed by atoms with Crippen molar-refractivity contribution < 1.29 is 0 Å². The Bertz CT molecular complexity index is 2370. The van der Waals surface area contributed by atoms with Gasteiger partial charge in [-0.3, -0.25) is 9.13 Å². The van der Waals surface area contributed by atoms with Crippen LogP contribution in [0.2, 0.25) is 0 Å². The molecule has 0 radical (unpaired) electrons. The lowest BCUT2D eigenvalue weighted by Crippen LogP contribution is -1.98. The number of para-hydroxylation sites is 6. The number of imidazole rings is 2. The molecule has 6 heteroatoms. The summed E-state index contributed by atoms with van der Waals surface area (Å²) >= 11 is 0. The number of hydrogen-bond donors (Lipinski definition) is 0. The Kier molecular flexibility index (Phi) is 6.68. The average molecular weight is 617 g/mol. The highest BCUT2D eigenvalue weighted by atomic mass is 15.1. The van der Waals surface area contributed by atoms with E-state index in [1.54, 1.807) is 0 Å². The first-order valence-corrected chi connectivity index (χ1v) is 15.9. The second kappa shape index (κ2) is 11.6. The first-order chi connectivity index (χ1) is 23.8. The van der Waals surface area contributed by atoms with Crippen LogP contribution in [0.3, 0.4) is 0 Å².